The Morgan fingerprint density at radius 3 is 1.59 bits per heavy atom. The molecule has 0 aromatic heterocycles. The largest absolute Gasteiger partial charge is 0.873 e. The van der Waals surface area contributed by atoms with E-state index in [4.69, 9.17) is 0 Å². The molecule has 1 aliphatic heterocycles. The van der Waals surface area contributed by atoms with Crippen LogP contribution in [0.2, 0.25) is 0 Å². The summed E-state index contributed by atoms with van der Waals surface area (Å²) < 4.78 is 0. The van der Waals surface area contributed by atoms with E-state index >= 15 is 0 Å². The van der Waals surface area contributed by atoms with Crippen LogP contribution in [0.25, 0.3) is 0 Å². The molecule has 0 atom stereocenters. The van der Waals surface area contributed by atoms with Crippen molar-refractivity contribution in [3.63, 3.8) is 0 Å². The van der Waals surface area contributed by atoms with Crippen LogP contribution in [0.1, 0.15) is 96.8 Å². The van der Waals surface area contributed by atoms with Crippen molar-refractivity contribution in [3.8, 4) is 0 Å². The zero-order chi connectivity index (χ0) is 15.9. The van der Waals surface area contributed by atoms with E-state index in [9.17, 15) is 5.11 Å². The molecule has 3 heteroatoms. The first kappa shape index (κ1) is 18.9. The Morgan fingerprint density at radius 2 is 1.14 bits per heavy atom. The summed E-state index contributed by atoms with van der Waals surface area (Å²) in [6, 6.07) is 0. The van der Waals surface area contributed by atoms with Crippen LogP contribution >= 0.6 is 0 Å². The molecule has 0 radical (unpaired) electrons. The van der Waals surface area contributed by atoms with E-state index in [1.807, 2.05) is 0 Å². The minimum absolute atomic E-state index is 0.0908. The maximum atomic E-state index is 11.7. The van der Waals surface area contributed by atoms with Crippen molar-refractivity contribution in [1.29, 1.82) is 0 Å². The SMILES string of the molecule is CCCCCCCCCCCCCCCC([O-])=C1N=CC=N1. The van der Waals surface area contributed by atoms with Crippen molar-refractivity contribution in [2.24, 2.45) is 9.98 Å². The third-order valence-electron chi connectivity index (χ3n) is 4.22. The number of hydrogen-bond donors (Lipinski definition) is 0. The second-order valence-corrected chi connectivity index (χ2v) is 6.30. The van der Waals surface area contributed by atoms with E-state index in [1.165, 1.54) is 70.6 Å². The average molecular weight is 305 g/mol. The highest BCUT2D eigenvalue weighted by Crippen LogP contribution is 2.15. The zero-order valence-electron chi connectivity index (χ0n) is 14.4. The Bertz CT molecular complexity index is 344. The van der Waals surface area contributed by atoms with Gasteiger partial charge in [0.2, 0.25) is 0 Å². The van der Waals surface area contributed by atoms with Gasteiger partial charge in [-0.15, -0.1) is 0 Å². The fourth-order valence-corrected chi connectivity index (χ4v) is 2.80. The van der Waals surface area contributed by atoms with Gasteiger partial charge in [0.25, 0.3) is 0 Å². The topological polar surface area (TPSA) is 47.8 Å². The number of aliphatic imine (C=N–C) groups is 2. The Labute approximate surface area is 136 Å². The number of nitrogens with zero attached hydrogens (tertiary/aromatic N) is 2. The number of rotatable bonds is 14. The minimum Gasteiger partial charge on any atom is -0.873 e. The van der Waals surface area contributed by atoms with Gasteiger partial charge in [0.1, 0.15) is 5.82 Å². The molecule has 0 bridgehead atoms. The smallest absolute Gasteiger partial charge is 0.140 e. The molecule has 0 spiro atoms. The minimum atomic E-state index is 0.0908. The fraction of sp³-hybridized carbons (Fsp3) is 0.789. The summed E-state index contributed by atoms with van der Waals surface area (Å²) in [4.78, 5) is 7.87. The summed E-state index contributed by atoms with van der Waals surface area (Å²) in [5.41, 5.74) is 0. The summed E-state index contributed by atoms with van der Waals surface area (Å²) >= 11 is 0. The number of unbranched alkanes of at least 4 members (excludes halogenated alkanes) is 12. The molecule has 0 aliphatic carbocycles. The molecule has 0 saturated heterocycles. The zero-order valence-corrected chi connectivity index (χ0v) is 14.4. The predicted octanol–water partition coefficient (Wildman–Crippen LogP) is 5.15. The van der Waals surface area contributed by atoms with Crippen LogP contribution in [0.4, 0.5) is 0 Å². The van der Waals surface area contributed by atoms with Crippen molar-refractivity contribution in [2.45, 2.75) is 96.8 Å². The maximum Gasteiger partial charge on any atom is 0.140 e. The van der Waals surface area contributed by atoms with Gasteiger partial charge in [0.15, 0.2) is 0 Å². The van der Waals surface area contributed by atoms with E-state index in [0.717, 1.165) is 12.8 Å². The van der Waals surface area contributed by atoms with Crippen molar-refractivity contribution in [3.05, 3.63) is 11.6 Å². The van der Waals surface area contributed by atoms with Crippen LogP contribution in [0.15, 0.2) is 21.6 Å². The summed E-state index contributed by atoms with van der Waals surface area (Å²) in [5, 5.41) is 11.7. The number of hydrogen-bond acceptors (Lipinski definition) is 3. The monoisotopic (exact) mass is 305 g/mol. The van der Waals surface area contributed by atoms with E-state index < -0.39 is 0 Å². The first-order chi connectivity index (χ1) is 10.8. The van der Waals surface area contributed by atoms with Crippen LogP contribution < -0.4 is 5.11 Å². The summed E-state index contributed by atoms with van der Waals surface area (Å²) in [5.74, 6) is 0.479. The Hall–Kier alpha value is -1.12. The van der Waals surface area contributed by atoms with Gasteiger partial charge in [-0.3, -0.25) is 0 Å². The third kappa shape index (κ3) is 9.75. The quantitative estimate of drug-likeness (QED) is 0.323. The van der Waals surface area contributed by atoms with Gasteiger partial charge < -0.3 is 5.11 Å². The summed E-state index contributed by atoms with van der Waals surface area (Å²) in [7, 11) is 0. The van der Waals surface area contributed by atoms with Crippen LogP contribution in [0.3, 0.4) is 0 Å². The summed E-state index contributed by atoms with van der Waals surface area (Å²) in [6.45, 7) is 2.27. The molecule has 126 valence electrons. The Balaban J connectivity index is 1.79. The molecule has 0 aromatic rings. The van der Waals surface area contributed by atoms with E-state index in [2.05, 4.69) is 16.9 Å². The second-order valence-electron chi connectivity index (χ2n) is 6.30. The highest BCUT2D eigenvalue weighted by molar-refractivity contribution is 6.18. The third-order valence-corrected chi connectivity index (χ3v) is 4.22. The highest BCUT2D eigenvalue weighted by Gasteiger charge is 1.98. The van der Waals surface area contributed by atoms with Gasteiger partial charge in [-0.05, 0) is 6.42 Å². The first-order valence-corrected chi connectivity index (χ1v) is 9.31. The maximum absolute atomic E-state index is 11.7. The lowest BCUT2D eigenvalue weighted by Crippen LogP contribution is -2.05. The molecule has 1 heterocycles. The Kier molecular flexibility index (Phi) is 11.6. The van der Waals surface area contributed by atoms with Gasteiger partial charge in [-0.2, -0.15) is 0 Å². The van der Waals surface area contributed by atoms with Crippen molar-refractivity contribution < 1.29 is 5.11 Å². The van der Waals surface area contributed by atoms with Gasteiger partial charge in [0, 0.05) is 12.4 Å². The average Bonchev–Trinajstić information content (AvgIpc) is 3.06. The Morgan fingerprint density at radius 1 is 0.727 bits per heavy atom. The first-order valence-electron chi connectivity index (χ1n) is 9.31. The van der Waals surface area contributed by atoms with E-state index in [-0.39, 0.29) is 5.76 Å². The lowest BCUT2D eigenvalue weighted by molar-refractivity contribution is -0.308. The van der Waals surface area contributed by atoms with Crippen molar-refractivity contribution in [1.82, 2.24) is 0 Å². The van der Waals surface area contributed by atoms with Gasteiger partial charge in [0.05, 0.1) is 0 Å². The second kappa shape index (κ2) is 13.5. The lowest BCUT2D eigenvalue weighted by atomic mass is 10.0. The van der Waals surface area contributed by atoms with Crippen LogP contribution in [-0.2, 0) is 0 Å². The molecule has 1 rings (SSSR count). The molecule has 0 saturated carbocycles. The predicted molar refractivity (Wildman–Crippen MR) is 94.3 cm³/mol. The van der Waals surface area contributed by atoms with E-state index in [0.29, 0.717) is 12.2 Å². The number of allylic oxidation sites excluding steroid dienone is 1. The highest BCUT2D eigenvalue weighted by atomic mass is 16.3. The normalized spacial score (nSPS) is 13.2. The molecule has 0 fully saturated rings. The molecule has 3 nitrogen and oxygen atoms in total. The fourth-order valence-electron chi connectivity index (χ4n) is 2.80. The van der Waals surface area contributed by atoms with Crippen LogP contribution in [-0.4, -0.2) is 12.4 Å². The molecule has 0 unspecified atom stereocenters. The molecule has 22 heavy (non-hydrogen) atoms. The van der Waals surface area contributed by atoms with Gasteiger partial charge >= 0.3 is 0 Å². The molecular weight excluding hydrogens is 272 g/mol. The molecular formula is C19H33N2O-. The van der Waals surface area contributed by atoms with Gasteiger partial charge in [-0.1, -0.05) is 96.2 Å². The molecule has 0 amide bonds. The molecule has 1 aliphatic rings. The molecule has 0 aromatic carbocycles. The molecule has 0 N–H and O–H groups in total. The van der Waals surface area contributed by atoms with Crippen molar-refractivity contribution >= 4 is 12.4 Å². The van der Waals surface area contributed by atoms with Crippen molar-refractivity contribution in [2.75, 3.05) is 0 Å². The van der Waals surface area contributed by atoms with Crippen LogP contribution in [0, 0.1) is 0 Å². The summed E-state index contributed by atoms with van der Waals surface area (Å²) in [6.07, 6.45) is 21.0. The standard InChI is InChI=1S/C19H34N2O/c1-2-3-4-5-6-7-8-9-10-11-12-13-14-15-18(22)19-20-16-17-21-19/h16-17,22H,2-15H2,1H3/p-1. The lowest BCUT2D eigenvalue weighted by Gasteiger charge is -2.12. The van der Waals surface area contributed by atoms with E-state index in [1.54, 1.807) is 12.4 Å². The van der Waals surface area contributed by atoms with Crippen LogP contribution in [0.5, 0.6) is 0 Å². The van der Waals surface area contributed by atoms with Gasteiger partial charge in [-0.25, -0.2) is 9.98 Å².